The minimum Gasteiger partial charge on any atom is -0.274 e. The summed E-state index contributed by atoms with van der Waals surface area (Å²) >= 11 is 0. The van der Waals surface area contributed by atoms with E-state index in [4.69, 9.17) is 4.84 Å². The molecule has 0 saturated heterocycles. The lowest BCUT2D eigenvalue weighted by Gasteiger charge is -2.04. The summed E-state index contributed by atoms with van der Waals surface area (Å²) in [6.07, 6.45) is 27.8. The molecule has 0 aliphatic rings. The molecule has 160 valence electrons. The van der Waals surface area contributed by atoms with Crippen LogP contribution in [-0.2, 0) is 9.63 Å². The summed E-state index contributed by atoms with van der Waals surface area (Å²) in [6, 6.07) is 0. The highest BCUT2D eigenvalue weighted by Gasteiger charge is 2.00. The van der Waals surface area contributed by atoms with Crippen LogP contribution in [0.4, 0.5) is 0 Å². The summed E-state index contributed by atoms with van der Waals surface area (Å²) in [5, 5.41) is 0. The summed E-state index contributed by atoms with van der Waals surface area (Å²) in [5.74, 6) is 0.0119. The molecule has 0 heterocycles. The van der Waals surface area contributed by atoms with E-state index in [1.165, 1.54) is 96.3 Å². The van der Waals surface area contributed by atoms with Crippen molar-refractivity contribution < 1.29 is 9.63 Å². The number of hydroxylamine groups is 1. The van der Waals surface area contributed by atoms with E-state index in [-0.39, 0.29) is 5.91 Å². The zero-order valence-electron chi connectivity index (χ0n) is 18.4. The quantitative estimate of drug-likeness (QED) is 0.126. The van der Waals surface area contributed by atoms with Crippen molar-refractivity contribution >= 4 is 5.91 Å². The summed E-state index contributed by atoms with van der Waals surface area (Å²) in [6.45, 7) is 4.67. The lowest BCUT2D eigenvalue weighted by Crippen LogP contribution is -2.23. The molecule has 0 unspecified atom stereocenters. The van der Waals surface area contributed by atoms with Crippen LogP contribution in [0.15, 0.2) is 12.2 Å². The molecule has 0 spiro atoms. The maximum absolute atomic E-state index is 11.3. The van der Waals surface area contributed by atoms with Crippen molar-refractivity contribution in [2.24, 2.45) is 0 Å². The zero-order valence-corrected chi connectivity index (χ0v) is 18.4. The van der Waals surface area contributed by atoms with Crippen molar-refractivity contribution in [1.29, 1.82) is 0 Å². The Morgan fingerprint density at radius 2 is 1.11 bits per heavy atom. The number of hydrogen-bond donors (Lipinski definition) is 1. The number of unbranched alkanes of at least 4 members (excludes halogenated alkanes) is 15. The lowest BCUT2D eigenvalue weighted by molar-refractivity contribution is -0.133. The lowest BCUT2D eigenvalue weighted by atomic mass is 10.1. The van der Waals surface area contributed by atoms with Crippen molar-refractivity contribution in [3.05, 3.63) is 12.2 Å². The van der Waals surface area contributed by atoms with Crippen LogP contribution in [0.2, 0.25) is 0 Å². The molecule has 1 amide bonds. The average molecular weight is 382 g/mol. The van der Waals surface area contributed by atoms with Crippen LogP contribution in [0, 0.1) is 0 Å². The predicted molar refractivity (Wildman–Crippen MR) is 118 cm³/mol. The molecular formula is C24H47NO2. The summed E-state index contributed by atoms with van der Waals surface area (Å²) < 4.78 is 0. The van der Waals surface area contributed by atoms with Crippen LogP contribution in [0.25, 0.3) is 0 Å². The predicted octanol–water partition coefficient (Wildman–Crippen LogP) is 7.65. The highest BCUT2D eigenvalue weighted by molar-refractivity contribution is 5.74. The zero-order chi connectivity index (χ0) is 19.8. The molecule has 3 nitrogen and oxygen atoms in total. The third-order valence-corrected chi connectivity index (χ3v) is 5.00. The molecule has 0 aliphatic heterocycles. The van der Waals surface area contributed by atoms with Gasteiger partial charge in [-0.2, -0.15) is 0 Å². The van der Waals surface area contributed by atoms with Crippen molar-refractivity contribution in [2.75, 3.05) is 6.61 Å². The largest absolute Gasteiger partial charge is 0.274 e. The van der Waals surface area contributed by atoms with Crippen LogP contribution >= 0.6 is 0 Å². The van der Waals surface area contributed by atoms with E-state index in [1.54, 1.807) is 0 Å². The normalized spacial score (nSPS) is 11.3. The Labute approximate surface area is 169 Å². The number of hydrogen-bond acceptors (Lipinski definition) is 2. The van der Waals surface area contributed by atoms with Crippen LogP contribution in [0.5, 0.6) is 0 Å². The maximum Gasteiger partial charge on any atom is 0.243 e. The third kappa shape index (κ3) is 23.1. The second-order valence-corrected chi connectivity index (χ2v) is 7.71. The first kappa shape index (κ1) is 26.2. The summed E-state index contributed by atoms with van der Waals surface area (Å²) in [5.41, 5.74) is 2.45. The van der Waals surface area contributed by atoms with Gasteiger partial charge in [-0.1, -0.05) is 96.1 Å². The van der Waals surface area contributed by atoms with E-state index >= 15 is 0 Å². The van der Waals surface area contributed by atoms with Gasteiger partial charge in [-0.05, 0) is 39.0 Å². The number of amides is 1. The maximum atomic E-state index is 11.3. The molecule has 0 fully saturated rings. The highest BCUT2D eigenvalue weighted by Crippen LogP contribution is 2.12. The molecule has 0 aliphatic carbocycles. The molecule has 0 rings (SSSR count). The highest BCUT2D eigenvalue weighted by atomic mass is 16.6. The molecule has 0 aromatic heterocycles. The molecular weight excluding hydrogens is 334 g/mol. The standard InChI is InChI=1S/C24H47NO2/c1-3-5-6-7-8-9-10-11-12-13-14-15-16-17-18-19-20-21-22-23-24(26)25-27-4-2/h11-12H,3-10,13-23H2,1-2H3,(H,25,26)/b12-11-. The molecule has 0 aromatic carbocycles. The molecule has 0 radical (unpaired) electrons. The first-order valence-corrected chi connectivity index (χ1v) is 11.9. The van der Waals surface area contributed by atoms with Gasteiger partial charge in [0.05, 0.1) is 6.61 Å². The number of carbonyl (C=O) groups is 1. The Morgan fingerprint density at radius 1 is 0.667 bits per heavy atom. The van der Waals surface area contributed by atoms with Gasteiger partial charge in [-0.3, -0.25) is 9.63 Å². The van der Waals surface area contributed by atoms with Gasteiger partial charge in [0.15, 0.2) is 0 Å². The van der Waals surface area contributed by atoms with Gasteiger partial charge in [0, 0.05) is 6.42 Å². The first-order chi connectivity index (χ1) is 13.3. The summed E-state index contributed by atoms with van der Waals surface area (Å²) in [4.78, 5) is 16.2. The van der Waals surface area contributed by atoms with Gasteiger partial charge in [0.2, 0.25) is 5.91 Å². The molecule has 3 heteroatoms. The number of allylic oxidation sites excluding steroid dienone is 2. The molecule has 0 atom stereocenters. The second-order valence-electron chi connectivity index (χ2n) is 7.71. The topological polar surface area (TPSA) is 38.3 Å². The fraction of sp³-hybridized carbons (Fsp3) is 0.875. The molecule has 27 heavy (non-hydrogen) atoms. The minimum absolute atomic E-state index is 0.0119. The smallest absolute Gasteiger partial charge is 0.243 e. The Bertz CT molecular complexity index is 328. The van der Waals surface area contributed by atoms with E-state index in [2.05, 4.69) is 24.6 Å². The van der Waals surface area contributed by atoms with E-state index in [0.717, 1.165) is 12.8 Å². The third-order valence-electron chi connectivity index (χ3n) is 5.00. The van der Waals surface area contributed by atoms with Gasteiger partial charge in [-0.15, -0.1) is 0 Å². The van der Waals surface area contributed by atoms with Crippen molar-refractivity contribution in [3.8, 4) is 0 Å². The molecule has 0 bridgehead atoms. The van der Waals surface area contributed by atoms with E-state index in [1.807, 2.05) is 6.92 Å². The van der Waals surface area contributed by atoms with E-state index < -0.39 is 0 Å². The number of rotatable bonds is 21. The fourth-order valence-corrected chi connectivity index (χ4v) is 3.27. The summed E-state index contributed by atoms with van der Waals surface area (Å²) in [7, 11) is 0. The van der Waals surface area contributed by atoms with Gasteiger partial charge in [-0.25, -0.2) is 5.48 Å². The first-order valence-electron chi connectivity index (χ1n) is 11.9. The SMILES string of the molecule is CCCCCCCC/C=C\CCCCCCCCCCCC(=O)NOCC. The Balaban J connectivity index is 3.12. The Morgan fingerprint density at radius 3 is 1.59 bits per heavy atom. The van der Waals surface area contributed by atoms with Gasteiger partial charge >= 0.3 is 0 Å². The van der Waals surface area contributed by atoms with Crippen LogP contribution in [-0.4, -0.2) is 12.5 Å². The van der Waals surface area contributed by atoms with Crippen LogP contribution in [0.1, 0.15) is 129 Å². The van der Waals surface area contributed by atoms with Crippen LogP contribution < -0.4 is 5.48 Å². The van der Waals surface area contributed by atoms with Crippen molar-refractivity contribution in [2.45, 2.75) is 129 Å². The number of carbonyl (C=O) groups excluding carboxylic acids is 1. The average Bonchev–Trinajstić information content (AvgIpc) is 2.68. The monoisotopic (exact) mass is 381 g/mol. The Hall–Kier alpha value is -0.830. The van der Waals surface area contributed by atoms with Gasteiger partial charge in [0.25, 0.3) is 0 Å². The Kier molecular flexibility index (Phi) is 22.5. The van der Waals surface area contributed by atoms with Gasteiger partial charge in [0.1, 0.15) is 0 Å². The van der Waals surface area contributed by atoms with E-state index in [0.29, 0.717) is 13.0 Å². The van der Waals surface area contributed by atoms with Crippen LogP contribution in [0.3, 0.4) is 0 Å². The van der Waals surface area contributed by atoms with Crippen molar-refractivity contribution in [3.63, 3.8) is 0 Å². The molecule has 1 N–H and O–H groups in total. The molecule has 0 aromatic rings. The second kappa shape index (κ2) is 23.2. The number of nitrogens with one attached hydrogen (secondary N) is 1. The van der Waals surface area contributed by atoms with Crippen molar-refractivity contribution in [1.82, 2.24) is 5.48 Å². The van der Waals surface area contributed by atoms with E-state index in [9.17, 15) is 4.79 Å². The fourth-order valence-electron chi connectivity index (χ4n) is 3.27. The van der Waals surface area contributed by atoms with Gasteiger partial charge < -0.3 is 0 Å². The molecule has 0 saturated carbocycles. The minimum atomic E-state index is 0.0119.